The van der Waals surface area contributed by atoms with Crippen molar-refractivity contribution in [2.45, 2.75) is 0 Å². The molecule has 0 aliphatic heterocycles. The molecule has 0 aromatic carbocycles. The van der Waals surface area contributed by atoms with Gasteiger partial charge in [-0.2, -0.15) is 0 Å². The zero-order chi connectivity index (χ0) is 7.15. The van der Waals surface area contributed by atoms with Crippen LogP contribution in [-0.2, 0) is 0 Å². The van der Waals surface area contributed by atoms with Gasteiger partial charge in [-0.1, -0.05) is 12.6 Å². The van der Waals surface area contributed by atoms with Crippen LogP contribution in [-0.4, -0.2) is 10.4 Å². The Morgan fingerprint density at radius 3 is 1.38 bits per heavy atom. The van der Waals surface area contributed by atoms with E-state index in [4.69, 9.17) is 4.79 Å². The lowest BCUT2D eigenvalue weighted by Gasteiger charge is -1.68. The third-order valence-electron chi connectivity index (χ3n) is 0. The lowest BCUT2D eigenvalue weighted by Crippen LogP contribution is -2.18. The molecule has 0 aliphatic rings. The van der Waals surface area contributed by atoms with Crippen LogP contribution in [0.25, 0.3) is 0 Å². The Labute approximate surface area is 57.8 Å². The fourth-order valence-electron chi connectivity index (χ4n) is 0. The molecule has 0 fully saturated rings. The molecule has 0 saturated heterocycles. The van der Waals surface area contributed by atoms with Crippen molar-refractivity contribution in [1.82, 2.24) is 0 Å². The Hall–Kier alpha value is -0.490. The highest BCUT2D eigenvalue weighted by atomic mass is 32.1. The Bertz CT molecular complexity index is 73.3. The predicted molar refractivity (Wildman–Crippen MR) is 39.5 cm³/mol. The van der Waals surface area contributed by atoms with Gasteiger partial charge in [-0.05, 0) is 12.2 Å². The maximum absolute atomic E-state index is 9.09. The molecule has 0 radical (unpaired) electrons. The van der Waals surface area contributed by atoms with Crippen molar-refractivity contribution in [1.29, 1.82) is 0 Å². The first-order valence-corrected chi connectivity index (χ1v) is 2.35. The summed E-state index contributed by atoms with van der Waals surface area (Å²) in [7, 11) is 0. The van der Waals surface area contributed by atoms with E-state index in [2.05, 4.69) is 42.0 Å². The zero-order valence-corrected chi connectivity index (χ0v) is 5.71. The van der Waals surface area contributed by atoms with Crippen LogP contribution in [0, 0.1) is 0 Å². The summed E-state index contributed by atoms with van der Waals surface area (Å²) < 4.78 is 0. The van der Waals surface area contributed by atoms with E-state index in [-0.39, 0.29) is 5.11 Å². The monoisotopic (exact) mass is 153 g/mol. The molecule has 0 bridgehead atoms. The van der Waals surface area contributed by atoms with Gasteiger partial charge < -0.3 is 17.2 Å². The number of carbonyl (C=O) groups is 1. The van der Waals surface area contributed by atoms with Gasteiger partial charge in [-0.3, -0.25) is 4.79 Å². The highest BCUT2D eigenvalue weighted by Gasteiger charge is 1.63. The van der Waals surface area contributed by atoms with Crippen molar-refractivity contribution in [3.8, 4) is 0 Å². The first-order valence-electron chi connectivity index (χ1n) is 1.50. The molecule has 0 aliphatic carbocycles. The summed E-state index contributed by atoms with van der Waals surface area (Å²) in [6, 6.07) is 0. The molecule has 0 spiro atoms. The molecule has 0 unspecified atom stereocenters. The minimum Gasteiger partial charge on any atom is -0.377 e. The Morgan fingerprint density at radius 2 is 1.38 bits per heavy atom. The molecule has 0 heterocycles. The van der Waals surface area contributed by atoms with E-state index in [9.17, 15) is 0 Å². The van der Waals surface area contributed by atoms with E-state index >= 15 is 0 Å². The summed E-state index contributed by atoms with van der Waals surface area (Å²) in [6.07, 6.45) is 0. The number of hydrogen-bond acceptors (Lipinski definition) is 2. The molecule has 0 saturated carbocycles. The number of hydrogen-bond donors (Lipinski definition) is 4. The third-order valence-corrected chi connectivity index (χ3v) is 0. The Balaban J connectivity index is 0. The quantitative estimate of drug-likeness (QED) is 0.270. The first kappa shape index (κ1) is 10.5. The van der Waals surface area contributed by atoms with E-state index in [1.807, 2.05) is 0 Å². The van der Waals surface area contributed by atoms with E-state index in [1.165, 1.54) is 0 Å². The minimum absolute atomic E-state index is 0.000000000000000222. The van der Waals surface area contributed by atoms with Crippen LogP contribution in [0.3, 0.4) is 0 Å². The molecule has 6 heteroatoms. The lowest BCUT2D eigenvalue weighted by molar-refractivity contribution is 0.267. The van der Waals surface area contributed by atoms with Crippen LogP contribution in [0.15, 0.2) is 0 Å². The van der Waals surface area contributed by atoms with Crippen molar-refractivity contribution in [2.75, 3.05) is 0 Å². The molecular weight excluding hydrogens is 146 g/mol. The zero-order valence-electron chi connectivity index (χ0n) is 4.00. The average molecular weight is 153 g/mol. The highest BCUT2D eigenvalue weighted by molar-refractivity contribution is 7.96. The number of carbonyl (C=O) groups excluding carboxylic acids is 1. The summed E-state index contributed by atoms with van der Waals surface area (Å²) in [5.41, 5.74) is 13.6. The van der Waals surface area contributed by atoms with Crippen LogP contribution in [0.5, 0.6) is 0 Å². The van der Waals surface area contributed by atoms with E-state index in [1.54, 1.807) is 0 Å². The number of nitrogens with two attached hydrogens (primary N) is 3. The summed E-state index contributed by atoms with van der Waals surface area (Å²) in [6.45, 7) is 0. The van der Waals surface area contributed by atoms with Crippen molar-refractivity contribution in [3.05, 3.63) is 0 Å². The number of amides is 1. The van der Waals surface area contributed by atoms with Crippen molar-refractivity contribution < 1.29 is 4.79 Å². The number of thiocarbonyl (C=S) groups is 1. The molecule has 6 N–H and O–H groups in total. The van der Waals surface area contributed by atoms with Gasteiger partial charge in [0.25, 0.3) is 5.24 Å². The fourth-order valence-corrected chi connectivity index (χ4v) is 0. The lowest BCUT2D eigenvalue weighted by atomic mass is 11.3. The van der Waals surface area contributed by atoms with Gasteiger partial charge in [-0.15, -0.1) is 0 Å². The van der Waals surface area contributed by atoms with Crippen LogP contribution < -0.4 is 17.2 Å². The number of rotatable bonds is 0. The standard InChI is InChI=1S/CH4N2S.CH3NOS/c2*2-1(3)4/h(H4,2,3,4);(H3,2,3,4). The van der Waals surface area contributed by atoms with Gasteiger partial charge in [-0.25, -0.2) is 0 Å². The van der Waals surface area contributed by atoms with Gasteiger partial charge in [0.1, 0.15) is 0 Å². The summed E-state index contributed by atoms with van der Waals surface area (Å²) in [5, 5.41) is -0.639. The molecule has 1 amide bonds. The largest absolute Gasteiger partial charge is 0.377 e. The Kier molecular flexibility index (Phi) is 8.53. The van der Waals surface area contributed by atoms with E-state index in [0.717, 1.165) is 0 Å². The van der Waals surface area contributed by atoms with Gasteiger partial charge >= 0.3 is 0 Å². The summed E-state index contributed by atoms with van der Waals surface area (Å²) in [5.74, 6) is 0. The minimum atomic E-state index is -0.639. The second-order valence-electron chi connectivity index (χ2n) is 0.741. The van der Waals surface area contributed by atoms with Crippen LogP contribution in [0.1, 0.15) is 0 Å². The maximum atomic E-state index is 9.09. The smallest absolute Gasteiger partial charge is 0.273 e. The molecule has 0 aromatic rings. The van der Waals surface area contributed by atoms with Crippen LogP contribution in [0.4, 0.5) is 4.79 Å². The fraction of sp³-hybridized carbons (Fsp3) is 0. The van der Waals surface area contributed by atoms with Crippen LogP contribution >= 0.6 is 24.8 Å². The molecule has 0 aromatic heterocycles. The molecule has 48 valence electrons. The van der Waals surface area contributed by atoms with Crippen molar-refractivity contribution >= 4 is 35.2 Å². The topological polar surface area (TPSA) is 95.1 Å². The first-order chi connectivity index (χ1) is 3.46. The summed E-state index contributed by atoms with van der Waals surface area (Å²) in [4.78, 5) is 9.09. The number of primary amides is 1. The molecule has 4 nitrogen and oxygen atoms in total. The second-order valence-corrected chi connectivity index (χ2v) is 1.65. The molecule has 8 heavy (non-hydrogen) atoms. The number of thiol groups is 1. The van der Waals surface area contributed by atoms with E-state index in [0.29, 0.717) is 0 Å². The summed E-state index contributed by atoms with van der Waals surface area (Å²) >= 11 is 7.20. The second kappa shape index (κ2) is 6.51. The van der Waals surface area contributed by atoms with Gasteiger partial charge in [0.15, 0.2) is 5.11 Å². The van der Waals surface area contributed by atoms with Gasteiger partial charge in [0.2, 0.25) is 0 Å². The molecule has 0 rings (SSSR count). The average Bonchev–Trinajstić information content (AvgIpc) is 1.25. The molecular formula is C2H7N3OS2. The van der Waals surface area contributed by atoms with E-state index < -0.39 is 5.24 Å². The Morgan fingerprint density at radius 1 is 1.38 bits per heavy atom. The predicted octanol–water partition coefficient (Wildman–Crippen LogP) is -0.816. The maximum Gasteiger partial charge on any atom is 0.273 e. The highest BCUT2D eigenvalue weighted by Crippen LogP contribution is 1.60. The normalized spacial score (nSPS) is 6.12. The van der Waals surface area contributed by atoms with Crippen molar-refractivity contribution in [2.24, 2.45) is 17.2 Å². The SMILES string of the molecule is NC(=O)S.NC(N)=S. The van der Waals surface area contributed by atoms with Gasteiger partial charge in [0.05, 0.1) is 0 Å². The van der Waals surface area contributed by atoms with Crippen molar-refractivity contribution in [3.63, 3.8) is 0 Å². The van der Waals surface area contributed by atoms with Gasteiger partial charge in [0, 0.05) is 0 Å². The third kappa shape index (κ3) is 467. The molecule has 0 atom stereocenters. The van der Waals surface area contributed by atoms with Crippen LogP contribution in [0.2, 0.25) is 0 Å².